The summed E-state index contributed by atoms with van der Waals surface area (Å²) in [6.07, 6.45) is 2.75. The van der Waals surface area contributed by atoms with Crippen LogP contribution in [0.1, 0.15) is 60.1 Å². The van der Waals surface area contributed by atoms with E-state index in [-0.39, 0.29) is 31.8 Å². The summed E-state index contributed by atoms with van der Waals surface area (Å²) in [6.45, 7) is 2.61. The summed E-state index contributed by atoms with van der Waals surface area (Å²) < 4.78 is 0. The van der Waals surface area contributed by atoms with Gasteiger partial charge >= 0.3 is 11.9 Å². The standard InChI is InChI=1S/C29H37N5O7/c1-19-10-11-20(18-31-19)25(37)32-22(9-5-6-14-30)26(38)34-15-12-29(13-16-34,21-7-3-2-4-8-21)28(41)33-23(27(39)40)17-24(35)36/h2-4,7-8,10-11,18,22-23H,5-6,9,12-17,30H2,1H3,(H,32,37)(H,33,41)(H,35,36)(H,39,40)/t22-,23-/m0/s1. The van der Waals surface area contributed by atoms with Crippen LogP contribution in [0.5, 0.6) is 0 Å². The fourth-order valence-electron chi connectivity index (χ4n) is 5.00. The molecule has 0 radical (unpaired) electrons. The minimum Gasteiger partial charge on any atom is -0.481 e. The lowest BCUT2D eigenvalue weighted by molar-refractivity contribution is -0.148. The smallest absolute Gasteiger partial charge is 0.326 e. The molecule has 0 bridgehead atoms. The zero-order chi connectivity index (χ0) is 30.0. The van der Waals surface area contributed by atoms with Crippen molar-refractivity contribution in [2.24, 2.45) is 5.73 Å². The van der Waals surface area contributed by atoms with E-state index in [1.807, 2.05) is 0 Å². The molecule has 12 nitrogen and oxygen atoms in total. The molecule has 1 aliphatic heterocycles. The van der Waals surface area contributed by atoms with E-state index >= 15 is 0 Å². The number of benzene rings is 1. The van der Waals surface area contributed by atoms with Gasteiger partial charge in [0.05, 0.1) is 17.4 Å². The van der Waals surface area contributed by atoms with E-state index in [1.165, 1.54) is 6.20 Å². The van der Waals surface area contributed by atoms with Crippen LogP contribution < -0.4 is 16.4 Å². The number of nitrogens with one attached hydrogen (secondary N) is 2. The Morgan fingerprint density at radius 2 is 1.66 bits per heavy atom. The van der Waals surface area contributed by atoms with Gasteiger partial charge in [-0.1, -0.05) is 30.3 Å². The summed E-state index contributed by atoms with van der Waals surface area (Å²) >= 11 is 0. The number of rotatable bonds is 13. The molecular formula is C29H37N5O7. The molecule has 2 atom stereocenters. The zero-order valence-corrected chi connectivity index (χ0v) is 23.0. The molecular weight excluding hydrogens is 530 g/mol. The number of hydrogen-bond donors (Lipinski definition) is 5. The van der Waals surface area contributed by atoms with Crippen LogP contribution in [0.4, 0.5) is 0 Å². The van der Waals surface area contributed by atoms with Crippen molar-refractivity contribution < 1.29 is 34.2 Å². The fraction of sp³-hybridized carbons (Fsp3) is 0.448. The zero-order valence-electron chi connectivity index (χ0n) is 23.0. The van der Waals surface area contributed by atoms with Crippen molar-refractivity contribution in [2.75, 3.05) is 19.6 Å². The number of likely N-dealkylation sites (tertiary alicyclic amines) is 1. The van der Waals surface area contributed by atoms with Crippen LogP contribution in [-0.2, 0) is 24.6 Å². The Bertz CT molecular complexity index is 1230. The van der Waals surface area contributed by atoms with Crippen molar-refractivity contribution in [1.82, 2.24) is 20.5 Å². The number of nitrogens with two attached hydrogens (primary N) is 1. The van der Waals surface area contributed by atoms with E-state index < -0.39 is 47.7 Å². The van der Waals surface area contributed by atoms with Crippen molar-refractivity contribution in [1.29, 1.82) is 0 Å². The van der Waals surface area contributed by atoms with Crippen molar-refractivity contribution in [3.63, 3.8) is 0 Å². The van der Waals surface area contributed by atoms with Gasteiger partial charge in [-0.2, -0.15) is 0 Å². The highest BCUT2D eigenvalue weighted by Gasteiger charge is 2.45. The van der Waals surface area contributed by atoms with E-state index in [0.717, 1.165) is 5.69 Å². The molecule has 0 spiro atoms. The SMILES string of the molecule is Cc1ccc(C(=O)N[C@@H](CCCCN)C(=O)N2CCC(C(=O)N[C@@H](CC(=O)O)C(=O)O)(c3ccccc3)CC2)cn1. The molecule has 1 saturated heterocycles. The Balaban J connectivity index is 1.79. The number of unbranched alkanes of at least 4 members (excludes halogenated alkanes) is 1. The molecule has 1 aromatic heterocycles. The van der Waals surface area contributed by atoms with Crippen LogP contribution >= 0.6 is 0 Å². The average molecular weight is 568 g/mol. The topological polar surface area (TPSA) is 192 Å². The molecule has 41 heavy (non-hydrogen) atoms. The van der Waals surface area contributed by atoms with Crippen molar-refractivity contribution >= 4 is 29.7 Å². The summed E-state index contributed by atoms with van der Waals surface area (Å²) in [6, 6.07) is 9.78. The Morgan fingerprint density at radius 3 is 2.22 bits per heavy atom. The number of carboxylic acid groups (broad SMARTS) is 2. The first-order chi connectivity index (χ1) is 19.6. The number of amides is 3. The highest BCUT2D eigenvalue weighted by atomic mass is 16.4. The Morgan fingerprint density at radius 1 is 0.976 bits per heavy atom. The maximum atomic E-state index is 13.6. The summed E-state index contributed by atoms with van der Waals surface area (Å²) in [5.41, 5.74) is 6.20. The molecule has 12 heteroatoms. The number of piperidine rings is 1. The van der Waals surface area contributed by atoms with E-state index in [2.05, 4.69) is 15.6 Å². The average Bonchev–Trinajstić information content (AvgIpc) is 2.96. The van der Waals surface area contributed by atoms with Gasteiger partial charge in [-0.25, -0.2) is 4.79 Å². The summed E-state index contributed by atoms with van der Waals surface area (Å²) in [5.74, 6) is -4.11. The lowest BCUT2D eigenvalue weighted by Crippen LogP contribution is -2.58. The monoisotopic (exact) mass is 567 g/mol. The number of carboxylic acids is 2. The summed E-state index contributed by atoms with van der Waals surface area (Å²) in [4.78, 5) is 68.7. The van der Waals surface area contributed by atoms with Crippen LogP contribution in [0.3, 0.4) is 0 Å². The molecule has 2 aromatic rings. The molecule has 2 heterocycles. The molecule has 220 valence electrons. The van der Waals surface area contributed by atoms with Gasteiger partial charge in [0, 0.05) is 25.0 Å². The van der Waals surface area contributed by atoms with Crippen LogP contribution in [0.2, 0.25) is 0 Å². The lowest BCUT2D eigenvalue weighted by Gasteiger charge is -2.42. The number of pyridine rings is 1. The molecule has 3 amide bonds. The third-order valence-electron chi connectivity index (χ3n) is 7.40. The van der Waals surface area contributed by atoms with E-state index in [1.54, 1.807) is 54.3 Å². The first-order valence-electron chi connectivity index (χ1n) is 13.6. The van der Waals surface area contributed by atoms with E-state index in [0.29, 0.717) is 36.9 Å². The predicted molar refractivity (Wildman–Crippen MR) is 149 cm³/mol. The van der Waals surface area contributed by atoms with E-state index in [4.69, 9.17) is 10.8 Å². The van der Waals surface area contributed by atoms with E-state index in [9.17, 15) is 29.1 Å². The molecule has 1 aliphatic rings. The number of aromatic nitrogens is 1. The third-order valence-corrected chi connectivity index (χ3v) is 7.40. The van der Waals surface area contributed by atoms with Crippen LogP contribution in [0.25, 0.3) is 0 Å². The number of carbonyl (C=O) groups excluding carboxylic acids is 3. The number of hydrogen-bond acceptors (Lipinski definition) is 7. The second-order valence-corrected chi connectivity index (χ2v) is 10.2. The second kappa shape index (κ2) is 14.4. The molecule has 1 aromatic carbocycles. The number of aryl methyl sites for hydroxylation is 1. The quantitative estimate of drug-likeness (QED) is 0.221. The number of nitrogens with zero attached hydrogens (tertiary/aromatic N) is 2. The van der Waals surface area contributed by atoms with Crippen molar-refractivity contribution in [2.45, 2.75) is 62.9 Å². The first-order valence-corrected chi connectivity index (χ1v) is 13.6. The van der Waals surface area contributed by atoms with Crippen molar-refractivity contribution in [3.8, 4) is 0 Å². The second-order valence-electron chi connectivity index (χ2n) is 10.2. The minimum atomic E-state index is -1.60. The number of carbonyl (C=O) groups is 5. The first kappa shape index (κ1) is 31.2. The normalized spacial score (nSPS) is 15.8. The maximum absolute atomic E-state index is 13.6. The molecule has 6 N–H and O–H groups in total. The van der Waals surface area contributed by atoms with Crippen LogP contribution in [-0.4, -0.2) is 81.5 Å². The van der Waals surface area contributed by atoms with Crippen molar-refractivity contribution in [3.05, 3.63) is 65.5 Å². The van der Waals surface area contributed by atoms with Gasteiger partial charge in [0.2, 0.25) is 11.8 Å². The van der Waals surface area contributed by atoms with Crippen LogP contribution in [0, 0.1) is 6.92 Å². The van der Waals surface area contributed by atoms with Gasteiger partial charge in [-0.3, -0.25) is 24.2 Å². The lowest BCUT2D eigenvalue weighted by atomic mass is 9.71. The highest BCUT2D eigenvalue weighted by Crippen LogP contribution is 2.36. The van der Waals surface area contributed by atoms with Gasteiger partial charge in [0.15, 0.2) is 0 Å². The number of aliphatic carboxylic acids is 2. The van der Waals surface area contributed by atoms with Gasteiger partial charge in [0.1, 0.15) is 12.1 Å². The summed E-state index contributed by atoms with van der Waals surface area (Å²) in [5, 5.41) is 23.8. The van der Waals surface area contributed by atoms with Crippen LogP contribution in [0.15, 0.2) is 48.7 Å². The van der Waals surface area contributed by atoms with Gasteiger partial charge in [-0.05, 0) is 63.3 Å². The molecule has 0 unspecified atom stereocenters. The van der Waals surface area contributed by atoms with Gasteiger partial charge in [-0.15, -0.1) is 0 Å². The minimum absolute atomic E-state index is 0.174. The van der Waals surface area contributed by atoms with Gasteiger partial charge < -0.3 is 31.5 Å². The largest absolute Gasteiger partial charge is 0.481 e. The maximum Gasteiger partial charge on any atom is 0.326 e. The predicted octanol–water partition coefficient (Wildman–Crippen LogP) is 1.22. The Kier molecular flexibility index (Phi) is 10.9. The molecule has 1 fully saturated rings. The van der Waals surface area contributed by atoms with Gasteiger partial charge in [0.25, 0.3) is 5.91 Å². The summed E-state index contributed by atoms with van der Waals surface area (Å²) in [7, 11) is 0. The highest BCUT2D eigenvalue weighted by molar-refractivity contribution is 5.97. The third kappa shape index (κ3) is 8.10. The molecule has 3 rings (SSSR count). The molecule has 0 saturated carbocycles. The Hall–Kier alpha value is -4.32. The molecule has 0 aliphatic carbocycles. The fourth-order valence-corrected chi connectivity index (χ4v) is 5.00. The Labute approximate surface area is 238 Å².